The highest BCUT2D eigenvalue weighted by Gasteiger charge is 2.25. The van der Waals surface area contributed by atoms with E-state index in [-0.39, 0.29) is 10.7 Å². The van der Waals surface area contributed by atoms with Crippen molar-refractivity contribution in [2.75, 3.05) is 29.1 Å². The molecule has 3 aromatic heterocycles. The Bertz CT molecular complexity index is 1740. The summed E-state index contributed by atoms with van der Waals surface area (Å²) in [6.07, 6.45) is 4.65. The van der Waals surface area contributed by atoms with Crippen molar-refractivity contribution in [1.82, 2.24) is 14.7 Å². The highest BCUT2D eigenvalue weighted by atomic mass is 32.2. The van der Waals surface area contributed by atoms with Crippen LogP contribution in [0.2, 0.25) is 0 Å². The molecule has 1 aliphatic rings. The molecule has 9 nitrogen and oxygen atoms in total. The molecule has 2 aromatic carbocycles. The quantitative estimate of drug-likeness (QED) is 0.247. The van der Waals surface area contributed by atoms with Crippen LogP contribution in [0.4, 0.5) is 11.6 Å². The molecule has 206 valence electrons. The molecule has 4 heterocycles. The van der Waals surface area contributed by atoms with E-state index in [1.807, 2.05) is 41.1 Å². The zero-order chi connectivity index (χ0) is 27.7. The highest BCUT2D eigenvalue weighted by molar-refractivity contribution is 7.91. The number of benzene rings is 2. The molecule has 2 N–H and O–H groups in total. The standard InChI is InChI=1S/C30H31N5O4S/c1-21-15-28(33-39-21)32-30(36)20-40(37,38)27-19-35(26-10-3-2-9-25(26)27)18-22-7-6-8-23(16-22)24-11-12-29(31-17-24)34-13-4-5-14-34/h2-3,6-12,15-17,19,30,36H,4-5,13-14,18,20H2,1H3,(H,32,33). The Morgan fingerprint density at radius 3 is 2.60 bits per heavy atom. The molecule has 1 atom stereocenters. The van der Waals surface area contributed by atoms with Gasteiger partial charge in [-0.2, -0.15) is 0 Å². The summed E-state index contributed by atoms with van der Waals surface area (Å²) in [6.45, 7) is 4.32. The average Bonchev–Trinajstić information content (AvgIpc) is 3.70. The lowest BCUT2D eigenvalue weighted by Crippen LogP contribution is -2.28. The van der Waals surface area contributed by atoms with Crippen molar-refractivity contribution in [2.24, 2.45) is 0 Å². The van der Waals surface area contributed by atoms with Gasteiger partial charge in [0.05, 0.1) is 10.6 Å². The molecule has 40 heavy (non-hydrogen) atoms. The first-order valence-electron chi connectivity index (χ1n) is 13.3. The van der Waals surface area contributed by atoms with Gasteiger partial charge in [0.1, 0.15) is 17.8 Å². The number of aryl methyl sites for hydroxylation is 1. The van der Waals surface area contributed by atoms with E-state index >= 15 is 0 Å². The number of aliphatic hydroxyl groups is 1. The fraction of sp³-hybridized carbons (Fsp3) is 0.267. The Hall–Kier alpha value is -4.15. The first-order chi connectivity index (χ1) is 19.4. The smallest absolute Gasteiger partial charge is 0.184 e. The van der Waals surface area contributed by atoms with Gasteiger partial charge in [-0.3, -0.25) is 0 Å². The summed E-state index contributed by atoms with van der Waals surface area (Å²) in [5.41, 5.74) is 3.93. The largest absolute Gasteiger partial charge is 0.373 e. The monoisotopic (exact) mass is 557 g/mol. The number of nitrogens with one attached hydrogen (secondary N) is 1. The lowest BCUT2D eigenvalue weighted by Gasteiger charge is -2.16. The molecule has 0 saturated carbocycles. The summed E-state index contributed by atoms with van der Waals surface area (Å²) >= 11 is 0. The van der Waals surface area contributed by atoms with E-state index in [0.717, 1.165) is 41.1 Å². The Balaban J connectivity index is 1.24. The predicted octanol–water partition coefficient (Wildman–Crippen LogP) is 4.85. The first kappa shape index (κ1) is 26.1. The summed E-state index contributed by atoms with van der Waals surface area (Å²) < 4.78 is 33.7. The van der Waals surface area contributed by atoms with Crippen molar-refractivity contribution in [1.29, 1.82) is 0 Å². The van der Waals surface area contributed by atoms with Crippen LogP contribution in [-0.2, 0) is 16.4 Å². The van der Waals surface area contributed by atoms with E-state index in [2.05, 4.69) is 39.6 Å². The number of para-hydroxylation sites is 1. The van der Waals surface area contributed by atoms with Crippen LogP contribution in [0.15, 0.2) is 88.5 Å². The van der Waals surface area contributed by atoms with Crippen molar-refractivity contribution in [3.05, 3.63) is 90.4 Å². The van der Waals surface area contributed by atoms with Gasteiger partial charge >= 0.3 is 0 Å². The minimum absolute atomic E-state index is 0.179. The Labute approximate surface area is 233 Å². The number of sulfone groups is 1. The van der Waals surface area contributed by atoms with Gasteiger partial charge in [-0.15, -0.1) is 0 Å². The van der Waals surface area contributed by atoms with Gasteiger partial charge in [0.15, 0.2) is 15.7 Å². The summed E-state index contributed by atoms with van der Waals surface area (Å²) in [4.78, 5) is 7.18. The number of nitrogens with zero attached hydrogens (tertiary/aromatic N) is 4. The number of fused-ring (bicyclic) bond motifs is 1. The number of rotatable bonds is 9. The van der Waals surface area contributed by atoms with E-state index in [1.165, 1.54) is 12.8 Å². The zero-order valence-electron chi connectivity index (χ0n) is 22.2. The van der Waals surface area contributed by atoms with Crippen LogP contribution in [0, 0.1) is 6.92 Å². The average molecular weight is 558 g/mol. The number of aliphatic hydroxyl groups excluding tert-OH is 1. The van der Waals surface area contributed by atoms with Crippen LogP contribution < -0.4 is 10.2 Å². The van der Waals surface area contributed by atoms with Crippen molar-refractivity contribution >= 4 is 32.4 Å². The molecule has 0 bridgehead atoms. The van der Waals surface area contributed by atoms with E-state index in [0.29, 0.717) is 17.7 Å². The SMILES string of the molecule is Cc1cc(NC(O)CS(=O)(=O)c2cn(Cc3cccc(-c4ccc(N5CCCC5)nc4)c3)c3ccccc23)no1. The summed E-state index contributed by atoms with van der Waals surface area (Å²) in [5, 5.41) is 17.5. The zero-order valence-corrected chi connectivity index (χ0v) is 23.0. The number of anilines is 2. The molecule has 6 rings (SSSR count). The molecule has 1 unspecified atom stereocenters. The predicted molar refractivity (Wildman–Crippen MR) is 155 cm³/mol. The minimum atomic E-state index is -3.84. The maximum atomic E-state index is 13.4. The topological polar surface area (TPSA) is 113 Å². The van der Waals surface area contributed by atoms with Crippen molar-refractivity contribution in [3.8, 4) is 11.1 Å². The molecule has 0 amide bonds. The lowest BCUT2D eigenvalue weighted by molar-refractivity contribution is 0.225. The molecule has 0 aliphatic carbocycles. The summed E-state index contributed by atoms with van der Waals surface area (Å²) in [7, 11) is -3.84. The van der Waals surface area contributed by atoms with E-state index in [1.54, 1.807) is 25.3 Å². The highest BCUT2D eigenvalue weighted by Crippen LogP contribution is 2.29. The third kappa shape index (κ3) is 5.45. The second-order valence-corrected chi connectivity index (χ2v) is 12.2. The maximum Gasteiger partial charge on any atom is 0.184 e. The normalized spacial score (nSPS) is 14.6. The molecule has 1 saturated heterocycles. The molecule has 0 spiro atoms. The summed E-state index contributed by atoms with van der Waals surface area (Å²) in [6, 6.07) is 21.4. The third-order valence-corrected chi connectivity index (χ3v) is 8.95. The molecule has 0 radical (unpaired) electrons. The van der Waals surface area contributed by atoms with Gasteiger partial charge in [-0.1, -0.05) is 41.6 Å². The van der Waals surface area contributed by atoms with Gasteiger partial charge in [0.25, 0.3) is 0 Å². The van der Waals surface area contributed by atoms with Crippen LogP contribution >= 0.6 is 0 Å². The van der Waals surface area contributed by atoms with Crippen LogP contribution in [0.5, 0.6) is 0 Å². The van der Waals surface area contributed by atoms with Gasteiger partial charge in [-0.05, 0) is 55.2 Å². The molecule has 1 aliphatic heterocycles. The molecule has 5 aromatic rings. The third-order valence-electron chi connectivity index (χ3n) is 7.20. The number of aromatic nitrogens is 3. The van der Waals surface area contributed by atoms with Crippen molar-refractivity contribution in [3.63, 3.8) is 0 Å². The lowest BCUT2D eigenvalue weighted by atomic mass is 10.0. The molecular formula is C30H31N5O4S. The van der Waals surface area contributed by atoms with Gasteiger partial charge in [0.2, 0.25) is 0 Å². The molecule has 1 fully saturated rings. The fourth-order valence-electron chi connectivity index (χ4n) is 5.27. The van der Waals surface area contributed by atoms with Crippen LogP contribution in [0.3, 0.4) is 0 Å². The molecular weight excluding hydrogens is 526 g/mol. The Kier molecular flexibility index (Phi) is 7.03. The minimum Gasteiger partial charge on any atom is -0.373 e. The molecule has 10 heteroatoms. The van der Waals surface area contributed by atoms with Gasteiger partial charge in [-0.25, -0.2) is 13.4 Å². The van der Waals surface area contributed by atoms with E-state index in [4.69, 9.17) is 9.51 Å². The van der Waals surface area contributed by atoms with Crippen molar-refractivity contribution in [2.45, 2.75) is 37.4 Å². The van der Waals surface area contributed by atoms with Crippen LogP contribution in [-0.4, -0.2) is 53.3 Å². The van der Waals surface area contributed by atoms with Gasteiger partial charge < -0.3 is 24.4 Å². The van der Waals surface area contributed by atoms with E-state index < -0.39 is 21.8 Å². The van der Waals surface area contributed by atoms with Crippen LogP contribution in [0.25, 0.3) is 22.0 Å². The Morgan fingerprint density at radius 1 is 1.02 bits per heavy atom. The fourth-order valence-corrected chi connectivity index (χ4v) is 6.75. The second kappa shape index (κ2) is 10.8. The number of hydrogen-bond acceptors (Lipinski definition) is 8. The first-order valence-corrected chi connectivity index (χ1v) is 15.0. The maximum absolute atomic E-state index is 13.4. The van der Waals surface area contributed by atoms with Gasteiger partial charge in [0, 0.05) is 54.6 Å². The summed E-state index contributed by atoms with van der Waals surface area (Å²) in [5.74, 6) is 1.34. The van der Waals surface area contributed by atoms with Crippen LogP contribution in [0.1, 0.15) is 24.2 Å². The van der Waals surface area contributed by atoms with Crippen molar-refractivity contribution < 1.29 is 18.0 Å². The Morgan fingerprint density at radius 2 is 1.85 bits per heavy atom. The number of hydrogen-bond donors (Lipinski definition) is 2. The number of pyridine rings is 1. The van der Waals surface area contributed by atoms with E-state index in [9.17, 15) is 13.5 Å². The second-order valence-electron chi connectivity index (χ2n) is 10.2.